The van der Waals surface area contributed by atoms with Gasteiger partial charge in [-0.15, -0.1) is 0 Å². The minimum atomic E-state index is -2.54. The molecule has 0 amide bonds. The highest BCUT2D eigenvalue weighted by Gasteiger charge is 2.39. The largest absolute Gasteiger partial charge is 0.460 e. The zero-order chi connectivity index (χ0) is 24.0. The smallest absolute Gasteiger partial charge is 0.312 e. The molecule has 6 nitrogen and oxygen atoms in total. The third kappa shape index (κ3) is 11.0. The molecule has 0 saturated carbocycles. The first-order valence-corrected chi connectivity index (χ1v) is 12.2. The molecule has 0 heterocycles. The van der Waals surface area contributed by atoms with Gasteiger partial charge < -0.3 is 18.8 Å². The Morgan fingerprint density at radius 1 is 0.839 bits per heavy atom. The Labute approximate surface area is 187 Å². The van der Waals surface area contributed by atoms with E-state index in [-0.39, 0.29) is 12.8 Å². The van der Waals surface area contributed by atoms with Gasteiger partial charge in [0.05, 0.1) is 11.5 Å². The number of hydrogen-bond donors (Lipinski definition) is 0. The van der Waals surface area contributed by atoms with E-state index in [1.807, 2.05) is 26.8 Å². The summed E-state index contributed by atoms with van der Waals surface area (Å²) in [4.78, 5) is 25.5. The van der Waals surface area contributed by atoms with Crippen LogP contribution in [0.15, 0.2) is 30.3 Å². The highest BCUT2D eigenvalue weighted by Crippen LogP contribution is 2.39. The Morgan fingerprint density at radius 3 is 1.81 bits per heavy atom. The van der Waals surface area contributed by atoms with Crippen LogP contribution in [0, 0.1) is 5.92 Å². The quantitative estimate of drug-likeness (QED) is 0.402. The molecular weight excluding hydrogens is 415 g/mol. The molecule has 7 heteroatoms. The van der Waals surface area contributed by atoms with Crippen molar-refractivity contribution in [2.45, 2.75) is 97.8 Å². The Balaban J connectivity index is 3.27. The van der Waals surface area contributed by atoms with Crippen LogP contribution in [0.5, 0.6) is 0 Å². The van der Waals surface area contributed by atoms with Gasteiger partial charge in [0.1, 0.15) is 24.8 Å². The van der Waals surface area contributed by atoms with Crippen molar-refractivity contribution in [1.82, 2.24) is 0 Å². The lowest BCUT2D eigenvalue weighted by atomic mass is 10.0. The number of benzene rings is 1. The summed E-state index contributed by atoms with van der Waals surface area (Å²) in [6.45, 7) is 16.2. The number of carbonyl (C=O) groups is 2. The average Bonchev–Trinajstić information content (AvgIpc) is 2.57. The molecule has 1 aromatic carbocycles. The number of carbonyl (C=O) groups excluding carboxylic acids is 2. The van der Waals surface area contributed by atoms with E-state index in [4.69, 9.17) is 14.2 Å². The van der Waals surface area contributed by atoms with Gasteiger partial charge in [0.2, 0.25) is 0 Å². The van der Waals surface area contributed by atoms with Crippen LogP contribution in [0.3, 0.4) is 0 Å². The van der Waals surface area contributed by atoms with Gasteiger partial charge in [-0.1, -0.05) is 30.3 Å². The van der Waals surface area contributed by atoms with Crippen LogP contribution in [0.25, 0.3) is 0 Å². The maximum Gasteiger partial charge on any atom is 0.312 e. The fourth-order valence-corrected chi connectivity index (χ4v) is 4.88. The third-order valence-corrected chi connectivity index (χ3v) is 5.89. The fourth-order valence-electron chi connectivity index (χ4n) is 2.90. The van der Waals surface area contributed by atoms with Crippen LogP contribution in [0.4, 0.5) is 0 Å². The van der Waals surface area contributed by atoms with Crippen LogP contribution in [-0.2, 0) is 28.4 Å². The van der Waals surface area contributed by atoms with Crippen molar-refractivity contribution in [2.75, 3.05) is 0 Å². The molecule has 0 spiro atoms. The summed E-state index contributed by atoms with van der Waals surface area (Å²) in [5, 5.41) is 0.618. The van der Waals surface area contributed by atoms with Crippen molar-refractivity contribution in [1.29, 1.82) is 0 Å². The second kappa shape index (κ2) is 10.8. The molecule has 0 aliphatic rings. The lowest BCUT2D eigenvalue weighted by Crippen LogP contribution is -2.39. The zero-order valence-electron chi connectivity index (χ0n) is 20.4. The van der Waals surface area contributed by atoms with E-state index in [0.717, 1.165) is 0 Å². The lowest BCUT2D eigenvalue weighted by Gasteiger charge is -2.33. The van der Waals surface area contributed by atoms with Gasteiger partial charge in [-0.3, -0.25) is 9.59 Å². The van der Waals surface area contributed by atoms with E-state index in [0.29, 0.717) is 5.30 Å². The predicted octanol–water partition coefficient (Wildman–Crippen LogP) is 5.09. The topological polar surface area (TPSA) is 78.9 Å². The molecule has 0 aliphatic heterocycles. The molecule has 1 rings (SSSR count). The van der Waals surface area contributed by atoms with Crippen LogP contribution in [0.1, 0.15) is 75.2 Å². The van der Waals surface area contributed by atoms with Crippen LogP contribution in [-0.4, -0.2) is 34.6 Å². The van der Waals surface area contributed by atoms with Crippen molar-refractivity contribution < 1.29 is 28.4 Å². The number of ether oxygens (including phenoxy) is 3. The molecule has 3 unspecified atom stereocenters. The lowest BCUT2D eigenvalue weighted by molar-refractivity contribution is -0.167. The number of rotatable bonds is 8. The summed E-state index contributed by atoms with van der Waals surface area (Å²) in [5.41, 5.74) is -2.00. The Hall–Kier alpha value is -1.65. The van der Waals surface area contributed by atoms with E-state index >= 15 is 0 Å². The number of esters is 2. The summed E-state index contributed by atoms with van der Waals surface area (Å²) in [7, 11) is -2.54. The minimum Gasteiger partial charge on any atom is -0.460 e. The minimum absolute atomic E-state index is 0.00484. The van der Waals surface area contributed by atoms with Crippen molar-refractivity contribution in [3.8, 4) is 0 Å². The third-order valence-electron chi connectivity index (χ3n) is 3.95. The van der Waals surface area contributed by atoms with Crippen molar-refractivity contribution in [3.05, 3.63) is 30.3 Å². The molecule has 0 N–H and O–H groups in total. The molecule has 1 aromatic rings. The molecule has 176 valence electrons. The van der Waals surface area contributed by atoms with E-state index in [2.05, 4.69) is 0 Å². The zero-order valence-corrected chi connectivity index (χ0v) is 21.4. The predicted molar refractivity (Wildman–Crippen MR) is 124 cm³/mol. The molecule has 31 heavy (non-hydrogen) atoms. The summed E-state index contributed by atoms with van der Waals surface area (Å²) >= 11 is 0. The highest BCUT2D eigenvalue weighted by atomic mass is 31.1. The van der Waals surface area contributed by atoms with Gasteiger partial charge in [-0.2, -0.15) is 0 Å². The fraction of sp³-hybridized carbons (Fsp3) is 0.667. The SMILES string of the molecule is CC(C)(C)OC(=O)CCC(C(=O)OC(C)(C)C)C(OC(C)(C)C)[PH](=O)c1ccccc1. The first-order chi connectivity index (χ1) is 14.0. The maximum absolute atomic E-state index is 13.5. The summed E-state index contributed by atoms with van der Waals surface area (Å²) in [6.07, 6.45) is 0.114. The average molecular weight is 455 g/mol. The van der Waals surface area contributed by atoms with E-state index in [9.17, 15) is 14.2 Å². The molecule has 0 bridgehead atoms. The van der Waals surface area contributed by atoms with Crippen LogP contribution in [0.2, 0.25) is 0 Å². The first-order valence-electron chi connectivity index (χ1n) is 10.7. The first kappa shape index (κ1) is 27.4. The van der Waals surface area contributed by atoms with Gasteiger partial charge >= 0.3 is 11.9 Å². The Bertz CT molecular complexity index is 753. The van der Waals surface area contributed by atoms with Gasteiger partial charge in [-0.05, 0) is 68.7 Å². The van der Waals surface area contributed by atoms with Crippen molar-refractivity contribution >= 4 is 25.0 Å². The van der Waals surface area contributed by atoms with E-state index in [1.54, 1.807) is 65.8 Å². The summed E-state index contributed by atoms with van der Waals surface area (Å²) in [6, 6.07) is 8.97. The molecule has 0 fully saturated rings. The second-order valence-corrected chi connectivity index (χ2v) is 12.5. The number of hydrogen-bond acceptors (Lipinski definition) is 6. The molecule has 0 radical (unpaired) electrons. The molecule has 0 saturated heterocycles. The highest BCUT2D eigenvalue weighted by molar-refractivity contribution is 7.54. The van der Waals surface area contributed by atoms with Gasteiger partial charge in [0.25, 0.3) is 0 Å². The van der Waals surface area contributed by atoms with E-state index < -0.39 is 48.3 Å². The standard InChI is InChI=1S/C24H39O6P/c1-22(2,3)28-19(25)16-15-18(20(26)29-23(4,5)6)21(30-24(7,8)9)31(27)17-13-11-10-12-14-17/h10-14,18,21,31H,15-16H2,1-9H3. The van der Waals surface area contributed by atoms with Crippen LogP contribution < -0.4 is 5.30 Å². The van der Waals surface area contributed by atoms with Gasteiger partial charge in [-0.25, -0.2) is 0 Å². The Kier molecular flexibility index (Phi) is 9.52. The Morgan fingerprint density at radius 2 is 1.35 bits per heavy atom. The normalized spacial score (nSPS) is 15.6. The second-order valence-electron chi connectivity index (χ2n) is 10.6. The summed E-state index contributed by atoms with van der Waals surface area (Å²) < 4.78 is 30.7. The monoisotopic (exact) mass is 454 g/mol. The van der Waals surface area contributed by atoms with E-state index in [1.165, 1.54) is 0 Å². The summed E-state index contributed by atoms with van der Waals surface area (Å²) in [5.74, 6) is -2.74. The molecule has 0 aromatic heterocycles. The molecule has 0 aliphatic carbocycles. The molecule has 3 atom stereocenters. The molecular formula is C24H39O6P. The van der Waals surface area contributed by atoms with Gasteiger partial charge in [0.15, 0.2) is 0 Å². The van der Waals surface area contributed by atoms with Crippen molar-refractivity contribution in [2.24, 2.45) is 5.92 Å². The van der Waals surface area contributed by atoms with Gasteiger partial charge in [0, 0.05) is 11.7 Å². The van der Waals surface area contributed by atoms with Crippen molar-refractivity contribution in [3.63, 3.8) is 0 Å². The maximum atomic E-state index is 13.5. The van der Waals surface area contributed by atoms with Crippen LogP contribution >= 0.6 is 7.80 Å².